The van der Waals surface area contributed by atoms with Gasteiger partial charge in [-0.15, -0.1) is 0 Å². The van der Waals surface area contributed by atoms with Crippen LogP contribution in [0, 0.1) is 0 Å². The van der Waals surface area contributed by atoms with Crippen LogP contribution in [0.5, 0.6) is 0 Å². The zero-order chi connectivity index (χ0) is 15.7. The van der Waals surface area contributed by atoms with Crippen LogP contribution < -0.4 is 15.2 Å². The van der Waals surface area contributed by atoms with Gasteiger partial charge in [0.2, 0.25) is 0 Å². The number of nitrogens with one attached hydrogen (secondary N) is 2. The molecule has 1 aliphatic rings. The van der Waals surface area contributed by atoms with Gasteiger partial charge in [-0.3, -0.25) is 9.69 Å². The molecule has 0 spiro atoms. The smallest absolute Gasteiger partial charge is 0.320 e. The molecule has 21 heavy (non-hydrogen) atoms. The molecule has 1 rings (SSSR count). The van der Waals surface area contributed by atoms with Crippen molar-refractivity contribution in [2.45, 2.75) is 18.9 Å². The number of carboxylic acid groups (broad SMARTS) is 1. The number of ether oxygens (including phenoxy) is 1. The minimum Gasteiger partial charge on any atom is -0.480 e. The first-order valence-electron chi connectivity index (χ1n) is 6.93. The standard InChI is InChI=1S/C11H24N4O5S/c12-10(11(16)17)2-4-14-21(18,19)13-3-1-5-15-6-8-20-9-7-15/h10,13-14H,1-9,12H2,(H,16,17). The van der Waals surface area contributed by atoms with Crippen LogP contribution in [0.3, 0.4) is 0 Å². The van der Waals surface area contributed by atoms with Gasteiger partial charge in [-0.2, -0.15) is 8.42 Å². The number of carboxylic acids is 1. The van der Waals surface area contributed by atoms with Crippen LogP contribution in [-0.2, 0) is 19.7 Å². The average Bonchev–Trinajstić information content (AvgIpc) is 2.44. The molecule has 1 heterocycles. The van der Waals surface area contributed by atoms with E-state index in [0.29, 0.717) is 13.0 Å². The number of nitrogens with zero attached hydrogens (tertiary/aromatic N) is 1. The molecule has 9 nitrogen and oxygen atoms in total. The summed E-state index contributed by atoms with van der Waals surface area (Å²) in [6.07, 6.45) is 0.750. The normalized spacial score (nSPS) is 18.5. The third-order valence-electron chi connectivity index (χ3n) is 3.11. The molecule has 0 aliphatic carbocycles. The molecule has 1 unspecified atom stereocenters. The van der Waals surface area contributed by atoms with Crippen molar-refractivity contribution < 1.29 is 23.1 Å². The lowest BCUT2D eigenvalue weighted by Crippen LogP contribution is -2.42. The summed E-state index contributed by atoms with van der Waals surface area (Å²) in [6, 6.07) is -1.06. The van der Waals surface area contributed by atoms with Gasteiger partial charge in [0.15, 0.2) is 0 Å². The van der Waals surface area contributed by atoms with E-state index in [9.17, 15) is 13.2 Å². The highest BCUT2D eigenvalue weighted by Gasteiger charge is 2.14. The molecule has 0 saturated carbocycles. The summed E-state index contributed by atoms with van der Waals surface area (Å²) in [4.78, 5) is 12.7. The topological polar surface area (TPSA) is 134 Å². The zero-order valence-corrected chi connectivity index (χ0v) is 12.8. The van der Waals surface area contributed by atoms with E-state index in [1.165, 1.54) is 0 Å². The van der Waals surface area contributed by atoms with Gasteiger partial charge in [0.1, 0.15) is 6.04 Å². The van der Waals surface area contributed by atoms with E-state index in [1.807, 2.05) is 0 Å². The second kappa shape index (κ2) is 9.28. The second-order valence-electron chi connectivity index (χ2n) is 4.83. The number of aliphatic carboxylic acids is 1. The Labute approximate surface area is 125 Å². The largest absolute Gasteiger partial charge is 0.480 e. The SMILES string of the molecule is NC(CCNS(=O)(=O)NCCCN1CCOCC1)C(=O)O. The Bertz CT molecular complexity index is 411. The maximum absolute atomic E-state index is 11.6. The van der Waals surface area contributed by atoms with Crippen LogP contribution in [0.1, 0.15) is 12.8 Å². The fraction of sp³-hybridized carbons (Fsp3) is 0.909. The molecule has 0 aromatic carbocycles. The number of hydrogen-bond donors (Lipinski definition) is 4. The van der Waals surface area contributed by atoms with Crippen molar-refractivity contribution in [3.63, 3.8) is 0 Å². The number of nitrogens with two attached hydrogens (primary N) is 1. The maximum atomic E-state index is 11.6. The molecule has 1 fully saturated rings. The van der Waals surface area contributed by atoms with Gasteiger partial charge < -0.3 is 15.6 Å². The van der Waals surface area contributed by atoms with Gasteiger partial charge >= 0.3 is 5.97 Å². The highest BCUT2D eigenvalue weighted by atomic mass is 32.2. The number of carbonyl (C=O) groups is 1. The fourth-order valence-electron chi connectivity index (χ4n) is 1.86. The van der Waals surface area contributed by atoms with E-state index >= 15 is 0 Å². The Morgan fingerprint density at radius 3 is 2.52 bits per heavy atom. The molecule has 5 N–H and O–H groups in total. The lowest BCUT2D eigenvalue weighted by atomic mass is 10.2. The van der Waals surface area contributed by atoms with Crippen LogP contribution in [0.4, 0.5) is 0 Å². The van der Waals surface area contributed by atoms with Crippen molar-refractivity contribution in [2.75, 3.05) is 45.9 Å². The molecule has 0 bridgehead atoms. The first-order chi connectivity index (χ1) is 9.91. The van der Waals surface area contributed by atoms with Gasteiger partial charge in [-0.25, -0.2) is 9.44 Å². The molecule has 1 saturated heterocycles. The fourth-order valence-corrected chi connectivity index (χ4v) is 2.76. The minimum atomic E-state index is -3.60. The van der Waals surface area contributed by atoms with E-state index in [2.05, 4.69) is 14.3 Å². The summed E-state index contributed by atoms with van der Waals surface area (Å²) in [5, 5.41) is 8.58. The third-order valence-corrected chi connectivity index (χ3v) is 4.28. The lowest BCUT2D eigenvalue weighted by Gasteiger charge is -2.26. The van der Waals surface area contributed by atoms with E-state index in [-0.39, 0.29) is 13.0 Å². The van der Waals surface area contributed by atoms with Crippen LogP contribution in [0.2, 0.25) is 0 Å². The van der Waals surface area contributed by atoms with Gasteiger partial charge in [-0.1, -0.05) is 0 Å². The monoisotopic (exact) mass is 324 g/mol. The second-order valence-corrected chi connectivity index (χ2v) is 6.42. The Morgan fingerprint density at radius 1 is 1.29 bits per heavy atom. The third kappa shape index (κ3) is 8.29. The molecular weight excluding hydrogens is 300 g/mol. The molecule has 0 amide bonds. The van der Waals surface area contributed by atoms with Crippen LogP contribution in [0.15, 0.2) is 0 Å². The van der Waals surface area contributed by atoms with Crippen molar-refractivity contribution in [3.8, 4) is 0 Å². The predicted molar refractivity (Wildman–Crippen MR) is 77.0 cm³/mol. The lowest BCUT2D eigenvalue weighted by molar-refractivity contribution is -0.138. The van der Waals surface area contributed by atoms with Crippen molar-refractivity contribution in [1.29, 1.82) is 0 Å². The average molecular weight is 324 g/mol. The van der Waals surface area contributed by atoms with Crippen molar-refractivity contribution in [1.82, 2.24) is 14.3 Å². The van der Waals surface area contributed by atoms with Crippen LogP contribution in [-0.4, -0.2) is 76.4 Å². The zero-order valence-electron chi connectivity index (χ0n) is 12.0. The van der Waals surface area contributed by atoms with Gasteiger partial charge in [0.05, 0.1) is 13.2 Å². The number of hydrogen-bond acceptors (Lipinski definition) is 6. The van der Waals surface area contributed by atoms with E-state index in [1.54, 1.807) is 0 Å². The molecular formula is C11H24N4O5S. The van der Waals surface area contributed by atoms with E-state index < -0.39 is 22.2 Å². The van der Waals surface area contributed by atoms with Crippen molar-refractivity contribution in [3.05, 3.63) is 0 Å². The molecule has 124 valence electrons. The van der Waals surface area contributed by atoms with E-state index in [4.69, 9.17) is 15.6 Å². The summed E-state index contributed by atoms with van der Waals surface area (Å²) < 4.78 is 33.1. The molecule has 10 heteroatoms. The van der Waals surface area contributed by atoms with Crippen molar-refractivity contribution in [2.24, 2.45) is 5.73 Å². The highest BCUT2D eigenvalue weighted by molar-refractivity contribution is 7.87. The molecule has 1 aliphatic heterocycles. The molecule has 0 radical (unpaired) electrons. The summed E-state index contributed by atoms with van der Waals surface area (Å²) in [5.41, 5.74) is 5.28. The Hall–Kier alpha value is -0.780. The first kappa shape index (κ1) is 18.3. The maximum Gasteiger partial charge on any atom is 0.320 e. The van der Waals surface area contributed by atoms with Gasteiger partial charge in [0.25, 0.3) is 10.2 Å². The Kier molecular flexibility index (Phi) is 8.07. The highest BCUT2D eigenvalue weighted by Crippen LogP contribution is 1.97. The number of rotatable bonds is 10. The van der Waals surface area contributed by atoms with Crippen molar-refractivity contribution >= 4 is 16.2 Å². The predicted octanol–water partition coefficient (Wildman–Crippen LogP) is -2.07. The van der Waals surface area contributed by atoms with Gasteiger partial charge in [0, 0.05) is 26.2 Å². The summed E-state index contributed by atoms with van der Waals surface area (Å²) >= 11 is 0. The minimum absolute atomic E-state index is 0.00767. The van der Waals surface area contributed by atoms with Crippen LogP contribution in [0.25, 0.3) is 0 Å². The molecule has 0 aromatic rings. The Balaban J connectivity index is 2.10. The Morgan fingerprint density at radius 2 is 1.90 bits per heavy atom. The summed E-state index contributed by atoms with van der Waals surface area (Å²) in [7, 11) is -3.60. The quantitative estimate of drug-likeness (QED) is 0.339. The molecule has 0 aromatic heterocycles. The first-order valence-corrected chi connectivity index (χ1v) is 8.42. The number of morpholine rings is 1. The summed E-state index contributed by atoms with van der Waals surface area (Å²) in [5.74, 6) is -1.15. The van der Waals surface area contributed by atoms with Crippen LogP contribution >= 0.6 is 0 Å². The van der Waals surface area contributed by atoms with Gasteiger partial charge in [-0.05, 0) is 19.4 Å². The van der Waals surface area contributed by atoms with E-state index in [0.717, 1.165) is 32.8 Å². The molecule has 1 atom stereocenters. The summed E-state index contributed by atoms with van der Waals surface area (Å²) in [6.45, 7) is 4.32.